The summed E-state index contributed by atoms with van der Waals surface area (Å²) >= 11 is 5.75. The molecule has 0 saturated heterocycles. The number of esters is 1. The van der Waals surface area contributed by atoms with Crippen LogP contribution in [-0.2, 0) is 19.6 Å². The van der Waals surface area contributed by atoms with Crippen molar-refractivity contribution in [3.05, 3.63) is 59.1 Å². The number of hydrogen-bond donors (Lipinski definition) is 1. The van der Waals surface area contributed by atoms with Gasteiger partial charge >= 0.3 is 5.97 Å². The van der Waals surface area contributed by atoms with Gasteiger partial charge in [-0.1, -0.05) is 29.8 Å². The lowest BCUT2D eigenvalue weighted by Gasteiger charge is -2.19. The Hall–Kier alpha value is -2.93. The Kier molecular flexibility index (Phi) is 6.52. The number of para-hydroxylation sites is 1. The molecule has 1 amide bonds. The van der Waals surface area contributed by atoms with E-state index >= 15 is 0 Å². The molecule has 0 fully saturated rings. The number of nitrogens with zero attached hydrogens (tertiary/aromatic N) is 2. The fourth-order valence-corrected chi connectivity index (χ4v) is 3.21. The van der Waals surface area contributed by atoms with Gasteiger partial charge in [0.15, 0.2) is 6.61 Å². The molecular weight excluding hydrogens is 394 g/mol. The quantitative estimate of drug-likeness (QED) is 0.572. The summed E-state index contributed by atoms with van der Waals surface area (Å²) in [5.41, 5.74) is 0.339. The number of carbonyl (C=O) groups is 2. The molecule has 0 spiro atoms. The molecule has 2 rings (SSSR count). The number of rotatable bonds is 6. The molecule has 0 heterocycles. The predicted molar refractivity (Wildman–Crippen MR) is 97.5 cm³/mol. The summed E-state index contributed by atoms with van der Waals surface area (Å²) in [7, 11) is -4.13. The average Bonchev–Trinajstić information content (AvgIpc) is 2.64. The Bertz CT molecular complexity index is 1000. The van der Waals surface area contributed by atoms with Crippen molar-refractivity contribution < 1.29 is 22.7 Å². The van der Waals surface area contributed by atoms with E-state index < -0.39 is 33.4 Å². The van der Waals surface area contributed by atoms with Crippen LogP contribution in [0.15, 0.2) is 53.4 Å². The monoisotopic (exact) mass is 407 g/mol. The first-order valence-corrected chi connectivity index (χ1v) is 9.38. The summed E-state index contributed by atoms with van der Waals surface area (Å²) in [6.45, 7) is -0.861. The van der Waals surface area contributed by atoms with Crippen molar-refractivity contribution in [2.75, 3.05) is 18.1 Å². The van der Waals surface area contributed by atoms with E-state index in [4.69, 9.17) is 26.7 Å². The highest BCUT2D eigenvalue weighted by Crippen LogP contribution is 2.22. The van der Waals surface area contributed by atoms with Gasteiger partial charge in [0.05, 0.1) is 16.7 Å². The number of primary sulfonamides is 1. The number of benzene rings is 2. The van der Waals surface area contributed by atoms with E-state index in [1.165, 1.54) is 12.1 Å². The minimum absolute atomic E-state index is 0.136. The van der Waals surface area contributed by atoms with Crippen LogP contribution in [0.25, 0.3) is 0 Å². The van der Waals surface area contributed by atoms with E-state index in [2.05, 4.69) is 0 Å². The molecule has 140 valence electrons. The number of anilines is 1. The first-order valence-electron chi connectivity index (χ1n) is 7.46. The molecule has 0 aliphatic heterocycles. The largest absolute Gasteiger partial charge is 0.452 e. The number of halogens is 1. The minimum Gasteiger partial charge on any atom is -0.452 e. The number of carbonyl (C=O) groups excluding carboxylic acids is 2. The number of ether oxygens (including phenoxy) is 1. The van der Waals surface area contributed by atoms with Crippen LogP contribution in [0.4, 0.5) is 5.69 Å². The molecule has 2 aromatic rings. The van der Waals surface area contributed by atoms with Crippen molar-refractivity contribution in [2.45, 2.75) is 4.90 Å². The maximum atomic E-state index is 12.3. The Morgan fingerprint density at radius 1 is 1.19 bits per heavy atom. The van der Waals surface area contributed by atoms with Gasteiger partial charge in [-0.25, -0.2) is 18.4 Å². The summed E-state index contributed by atoms with van der Waals surface area (Å²) < 4.78 is 27.9. The van der Waals surface area contributed by atoms with Crippen molar-refractivity contribution in [3.8, 4) is 6.07 Å². The molecule has 27 heavy (non-hydrogen) atoms. The van der Waals surface area contributed by atoms with Crippen molar-refractivity contribution in [3.63, 3.8) is 0 Å². The fourth-order valence-electron chi connectivity index (χ4n) is 2.14. The topological polar surface area (TPSA) is 131 Å². The lowest BCUT2D eigenvalue weighted by molar-refractivity contribution is -0.121. The van der Waals surface area contributed by atoms with Gasteiger partial charge in [-0.15, -0.1) is 0 Å². The van der Waals surface area contributed by atoms with E-state index in [1.807, 2.05) is 6.07 Å². The molecule has 8 nitrogen and oxygen atoms in total. The van der Waals surface area contributed by atoms with Gasteiger partial charge < -0.3 is 4.74 Å². The Morgan fingerprint density at radius 2 is 1.85 bits per heavy atom. The maximum absolute atomic E-state index is 12.3. The summed E-state index contributed by atoms with van der Waals surface area (Å²) in [5.74, 6) is -1.55. The molecule has 0 saturated carbocycles. The molecule has 0 aliphatic carbocycles. The van der Waals surface area contributed by atoms with Crippen molar-refractivity contribution in [2.24, 2.45) is 5.14 Å². The van der Waals surface area contributed by atoms with Gasteiger partial charge in [-0.2, -0.15) is 5.26 Å². The number of nitriles is 1. The van der Waals surface area contributed by atoms with Crippen molar-refractivity contribution in [1.29, 1.82) is 5.26 Å². The third-order valence-electron chi connectivity index (χ3n) is 3.40. The fraction of sp³-hybridized carbons (Fsp3) is 0.118. The Morgan fingerprint density at radius 3 is 2.44 bits per heavy atom. The third kappa shape index (κ3) is 5.27. The molecule has 0 aromatic heterocycles. The van der Waals surface area contributed by atoms with Crippen LogP contribution in [0, 0.1) is 11.3 Å². The second-order valence-corrected chi connectivity index (χ2v) is 7.18. The summed E-state index contributed by atoms with van der Waals surface area (Å²) in [5, 5.41) is 13.8. The highest BCUT2D eigenvalue weighted by molar-refractivity contribution is 7.89. The van der Waals surface area contributed by atoms with E-state index in [1.54, 1.807) is 30.3 Å². The molecule has 10 heteroatoms. The van der Waals surface area contributed by atoms with Gasteiger partial charge in [0.25, 0.3) is 5.91 Å². The minimum atomic E-state index is -4.13. The van der Waals surface area contributed by atoms with Crippen molar-refractivity contribution in [1.82, 2.24) is 0 Å². The van der Waals surface area contributed by atoms with Gasteiger partial charge in [-0.3, -0.25) is 9.69 Å². The smallest absolute Gasteiger partial charge is 0.338 e. The van der Waals surface area contributed by atoms with Crippen LogP contribution < -0.4 is 10.0 Å². The van der Waals surface area contributed by atoms with Crippen LogP contribution in [-0.4, -0.2) is 33.4 Å². The number of hydrogen-bond acceptors (Lipinski definition) is 6. The number of nitrogens with two attached hydrogens (primary N) is 1. The van der Waals surface area contributed by atoms with E-state index in [0.717, 1.165) is 11.0 Å². The zero-order valence-electron chi connectivity index (χ0n) is 13.8. The average molecular weight is 408 g/mol. The maximum Gasteiger partial charge on any atom is 0.338 e. The molecule has 0 radical (unpaired) electrons. The van der Waals surface area contributed by atoms with Gasteiger partial charge in [-0.05, 0) is 30.3 Å². The molecule has 0 unspecified atom stereocenters. The molecule has 2 aromatic carbocycles. The van der Waals surface area contributed by atoms with Crippen LogP contribution in [0.1, 0.15) is 10.4 Å². The van der Waals surface area contributed by atoms with Crippen LogP contribution >= 0.6 is 11.6 Å². The van der Waals surface area contributed by atoms with Crippen LogP contribution in [0.3, 0.4) is 0 Å². The molecular formula is C17H14ClN3O5S. The lowest BCUT2D eigenvalue weighted by Crippen LogP contribution is -2.35. The second-order valence-electron chi connectivity index (χ2n) is 5.24. The molecule has 0 atom stereocenters. The zero-order valence-corrected chi connectivity index (χ0v) is 15.4. The normalized spacial score (nSPS) is 10.7. The number of amides is 1. The SMILES string of the molecule is N#CCN(C(=O)COC(=O)c1ccc(Cl)c(S(N)(=O)=O)c1)c1ccccc1. The van der Waals surface area contributed by atoms with Crippen LogP contribution in [0.2, 0.25) is 5.02 Å². The summed E-state index contributed by atoms with van der Waals surface area (Å²) in [6, 6.07) is 13.7. The highest BCUT2D eigenvalue weighted by Gasteiger charge is 2.20. The number of sulfonamides is 1. The second kappa shape index (κ2) is 8.64. The van der Waals surface area contributed by atoms with E-state index in [-0.39, 0.29) is 17.1 Å². The molecule has 2 N–H and O–H groups in total. The first-order chi connectivity index (χ1) is 12.7. The zero-order chi connectivity index (χ0) is 20.0. The van der Waals surface area contributed by atoms with E-state index in [9.17, 15) is 18.0 Å². The lowest BCUT2D eigenvalue weighted by atomic mass is 10.2. The van der Waals surface area contributed by atoms with E-state index in [0.29, 0.717) is 5.69 Å². The predicted octanol–water partition coefficient (Wildman–Crippen LogP) is 1.70. The Labute approximate surface area is 160 Å². The highest BCUT2D eigenvalue weighted by atomic mass is 35.5. The summed E-state index contributed by atoms with van der Waals surface area (Å²) in [4.78, 5) is 25.2. The van der Waals surface area contributed by atoms with Gasteiger partial charge in [0.2, 0.25) is 10.0 Å². The molecule has 0 bridgehead atoms. The van der Waals surface area contributed by atoms with Gasteiger partial charge in [0.1, 0.15) is 11.4 Å². The van der Waals surface area contributed by atoms with Gasteiger partial charge in [0, 0.05) is 5.69 Å². The molecule has 0 aliphatic rings. The third-order valence-corrected chi connectivity index (χ3v) is 4.79. The van der Waals surface area contributed by atoms with Crippen LogP contribution in [0.5, 0.6) is 0 Å². The van der Waals surface area contributed by atoms with Crippen molar-refractivity contribution >= 4 is 39.2 Å². The summed E-state index contributed by atoms with van der Waals surface area (Å²) in [6.07, 6.45) is 0. The Balaban J connectivity index is 2.13. The standard InChI is InChI=1S/C17H14ClN3O5S/c18-14-7-6-12(10-15(14)27(20,24)25)17(23)26-11-16(22)21(9-8-19)13-4-2-1-3-5-13/h1-7,10H,9,11H2,(H2,20,24,25). The first kappa shape index (κ1) is 20.4.